The Kier molecular flexibility index (Phi) is 4.90. The summed E-state index contributed by atoms with van der Waals surface area (Å²) in [6, 6.07) is 0.535. The van der Waals surface area contributed by atoms with Crippen molar-refractivity contribution in [3.63, 3.8) is 0 Å². The van der Waals surface area contributed by atoms with Crippen molar-refractivity contribution in [2.45, 2.75) is 58.9 Å². The summed E-state index contributed by atoms with van der Waals surface area (Å²) in [6.45, 7) is 6.91. The van der Waals surface area contributed by atoms with E-state index in [2.05, 4.69) is 26.2 Å². The van der Waals surface area contributed by atoms with Gasteiger partial charge in [0.05, 0.1) is 0 Å². The number of hydrogen-bond donors (Lipinski definition) is 2. The zero-order valence-electron chi connectivity index (χ0n) is 9.92. The molecule has 0 aromatic carbocycles. The molecule has 0 radical (unpaired) electrons. The average Bonchev–Trinajstić information content (AvgIpc) is 3.02. The van der Waals surface area contributed by atoms with Crippen molar-refractivity contribution < 1.29 is 0 Å². The lowest BCUT2D eigenvalue weighted by atomic mass is 9.87. The summed E-state index contributed by atoms with van der Waals surface area (Å²) in [5.74, 6) is 8.21. The normalized spacial score (nSPS) is 21.2. The highest BCUT2D eigenvalue weighted by atomic mass is 15.2. The van der Waals surface area contributed by atoms with Gasteiger partial charge in [0.2, 0.25) is 0 Å². The van der Waals surface area contributed by atoms with Crippen LogP contribution in [0.3, 0.4) is 0 Å². The molecule has 1 rings (SSSR count). The predicted molar refractivity (Wildman–Crippen MR) is 61.7 cm³/mol. The highest BCUT2D eigenvalue weighted by Gasteiger charge is 2.33. The SMILES string of the molecule is CCC(CC)CC(NN)C(C)C1CC1. The van der Waals surface area contributed by atoms with E-state index in [-0.39, 0.29) is 0 Å². The van der Waals surface area contributed by atoms with Crippen LogP contribution in [0.4, 0.5) is 0 Å². The third-order valence-corrected chi connectivity index (χ3v) is 3.96. The molecule has 1 aliphatic carbocycles. The Labute approximate surface area is 88.6 Å². The fourth-order valence-electron chi connectivity index (χ4n) is 2.37. The fraction of sp³-hybridized carbons (Fsp3) is 1.00. The Morgan fingerprint density at radius 2 is 1.86 bits per heavy atom. The lowest BCUT2D eigenvalue weighted by molar-refractivity contribution is 0.277. The van der Waals surface area contributed by atoms with Gasteiger partial charge >= 0.3 is 0 Å². The number of hydrazine groups is 1. The minimum Gasteiger partial charge on any atom is -0.271 e. The van der Waals surface area contributed by atoms with Crippen molar-refractivity contribution in [1.29, 1.82) is 0 Å². The summed E-state index contributed by atoms with van der Waals surface area (Å²) in [6.07, 6.45) is 6.66. The van der Waals surface area contributed by atoms with Gasteiger partial charge in [0, 0.05) is 6.04 Å². The molecule has 1 fully saturated rings. The topological polar surface area (TPSA) is 38.0 Å². The zero-order chi connectivity index (χ0) is 10.6. The van der Waals surface area contributed by atoms with Gasteiger partial charge in [0.1, 0.15) is 0 Å². The van der Waals surface area contributed by atoms with Gasteiger partial charge < -0.3 is 0 Å². The summed E-state index contributed by atoms with van der Waals surface area (Å²) in [7, 11) is 0. The molecule has 2 nitrogen and oxygen atoms in total. The molecule has 2 atom stereocenters. The molecule has 0 heterocycles. The first-order valence-electron chi connectivity index (χ1n) is 6.19. The van der Waals surface area contributed by atoms with Crippen molar-refractivity contribution in [2.24, 2.45) is 23.6 Å². The molecule has 2 heteroatoms. The Bertz CT molecular complexity index is 150. The molecule has 0 saturated heterocycles. The maximum atomic E-state index is 5.65. The maximum Gasteiger partial charge on any atom is 0.0241 e. The van der Waals surface area contributed by atoms with Crippen LogP contribution in [0, 0.1) is 17.8 Å². The van der Waals surface area contributed by atoms with Gasteiger partial charge in [-0.3, -0.25) is 11.3 Å². The van der Waals surface area contributed by atoms with Crippen molar-refractivity contribution in [3.8, 4) is 0 Å². The Balaban J connectivity index is 2.35. The number of nitrogens with two attached hydrogens (primary N) is 1. The van der Waals surface area contributed by atoms with Crippen molar-refractivity contribution in [3.05, 3.63) is 0 Å². The molecular formula is C12H26N2. The van der Waals surface area contributed by atoms with Crippen molar-refractivity contribution in [1.82, 2.24) is 5.43 Å². The Morgan fingerprint density at radius 3 is 2.21 bits per heavy atom. The second-order valence-electron chi connectivity index (χ2n) is 4.89. The van der Waals surface area contributed by atoms with Gasteiger partial charge in [-0.25, -0.2) is 0 Å². The Hall–Kier alpha value is -0.0800. The highest BCUT2D eigenvalue weighted by molar-refractivity contribution is 4.86. The number of nitrogens with one attached hydrogen (secondary N) is 1. The number of rotatable bonds is 7. The highest BCUT2D eigenvalue weighted by Crippen LogP contribution is 2.39. The van der Waals surface area contributed by atoms with Gasteiger partial charge in [-0.15, -0.1) is 0 Å². The molecule has 0 aromatic rings. The van der Waals surface area contributed by atoms with Crippen LogP contribution in [0.5, 0.6) is 0 Å². The van der Waals surface area contributed by atoms with E-state index in [4.69, 9.17) is 5.84 Å². The first kappa shape index (κ1) is 12.0. The van der Waals surface area contributed by atoms with E-state index in [1.807, 2.05) is 0 Å². The second kappa shape index (κ2) is 5.72. The van der Waals surface area contributed by atoms with Crippen LogP contribution in [0.25, 0.3) is 0 Å². The molecule has 0 amide bonds. The zero-order valence-corrected chi connectivity index (χ0v) is 9.92. The van der Waals surface area contributed by atoms with E-state index < -0.39 is 0 Å². The molecule has 0 aromatic heterocycles. The molecule has 14 heavy (non-hydrogen) atoms. The van der Waals surface area contributed by atoms with Crippen LogP contribution in [0.2, 0.25) is 0 Å². The van der Waals surface area contributed by atoms with Crippen LogP contribution < -0.4 is 11.3 Å². The standard InChI is InChI=1S/C12H26N2/c1-4-10(5-2)8-12(14-13)9(3)11-6-7-11/h9-12,14H,4-8,13H2,1-3H3. The average molecular weight is 198 g/mol. The van der Waals surface area contributed by atoms with Gasteiger partial charge in [0.25, 0.3) is 0 Å². The number of hydrogen-bond acceptors (Lipinski definition) is 2. The summed E-state index contributed by atoms with van der Waals surface area (Å²) >= 11 is 0. The first-order valence-corrected chi connectivity index (χ1v) is 6.19. The van der Waals surface area contributed by atoms with E-state index in [0.29, 0.717) is 6.04 Å². The van der Waals surface area contributed by atoms with Crippen LogP contribution in [-0.2, 0) is 0 Å². The lowest BCUT2D eigenvalue weighted by Gasteiger charge is -2.26. The van der Waals surface area contributed by atoms with Gasteiger partial charge in [-0.1, -0.05) is 33.6 Å². The minimum atomic E-state index is 0.535. The van der Waals surface area contributed by atoms with Gasteiger partial charge in [0.15, 0.2) is 0 Å². The molecule has 0 bridgehead atoms. The Morgan fingerprint density at radius 1 is 1.29 bits per heavy atom. The molecule has 0 aliphatic heterocycles. The molecule has 3 N–H and O–H groups in total. The van der Waals surface area contributed by atoms with E-state index in [9.17, 15) is 0 Å². The molecular weight excluding hydrogens is 172 g/mol. The van der Waals surface area contributed by atoms with Crippen LogP contribution in [-0.4, -0.2) is 6.04 Å². The largest absolute Gasteiger partial charge is 0.271 e. The second-order valence-corrected chi connectivity index (χ2v) is 4.89. The van der Waals surface area contributed by atoms with Crippen LogP contribution in [0.1, 0.15) is 52.9 Å². The summed E-state index contributed by atoms with van der Waals surface area (Å²) in [5.41, 5.74) is 3.02. The summed E-state index contributed by atoms with van der Waals surface area (Å²) in [4.78, 5) is 0. The first-order chi connectivity index (χ1) is 6.72. The quantitative estimate of drug-likeness (QED) is 0.487. The minimum absolute atomic E-state index is 0.535. The molecule has 0 spiro atoms. The van der Waals surface area contributed by atoms with Crippen LogP contribution in [0.15, 0.2) is 0 Å². The lowest BCUT2D eigenvalue weighted by Crippen LogP contribution is -2.42. The van der Waals surface area contributed by atoms with E-state index in [1.54, 1.807) is 0 Å². The summed E-state index contributed by atoms with van der Waals surface area (Å²) in [5, 5.41) is 0. The van der Waals surface area contributed by atoms with E-state index in [1.165, 1.54) is 32.1 Å². The van der Waals surface area contributed by atoms with Gasteiger partial charge in [-0.2, -0.15) is 0 Å². The molecule has 1 aliphatic rings. The predicted octanol–water partition coefficient (Wildman–Crippen LogP) is 2.69. The maximum absolute atomic E-state index is 5.65. The van der Waals surface area contributed by atoms with Crippen molar-refractivity contribution >= 4 is 0 Å². The fourth-order valence-corrected chi connectivity index (χ4v) is 2.37. The third kappa shape index (κ3) is 3.25. The smallest absolute Gasteiger partial charge is 0.0241 e. The molecule has 1 saturated carbocycles. The van der Waals surface area contributed by atoms with Crippen molar-refractivity contribution in [2.75, 3.05) is 0 Å². The molecule has 84 valence electrons. The third-order valence-electron chi connectivity index (χ3n) is 3.96. The monoisotopic (exact) mass is 198 g/mol. The van der Waals surface area contributed by atoms with E-state index in [0.717, 1.165) is 17.8 Å². The van der Waals surface area contributed by atoms with Crippen LogP contribution >= 0.6 is 0 Å². The summed E-state index contributed by atoms with van der Waals surface area (Å²) < 4.78 is 0. The molecule has 2 unspecified atom stereocenters. The van der Waals surface area contributed by atoms with Gasteiger partial charge in [-0.05, 0) is 37.0 Å². The van der Waals surface area contributed by atoms with E-state index >= 15 is 0 Å².